The summed E-state index contributed by atoms with van der Waals surface area (Å²) in [7, 11) is 3.42. The predicted molar refractivity (Wildman–Crippen MR) is 78.6 cm³/mol. The van der Waals surface area contributed by atoms with Crippen LogP contribution < -0.4 is 5.76 Å². The molecule has 0 saturated heterocycles. The second kappa shape index (κ2) is 5.51. The topological polar surface area (TPSA) is 79.3 Å². The molecule has 0 aliphatic heterocycles. The van der Waals surface area contributed by atoms with Gasteiger partial charge in [-0.3, -0.25) is 9.25 Å². The molecular weight excluding hydrogens is 286 g/mol. The van der Waals surface area contributed by atoms with E-state index in [4.69, 9.17) is 9.15 Å². The number of rotatable bonds is 4. The molecule has 0 saturated carbocycles. The molecule has 0 unspecified atom stereocenters. The lowest BCUT2D eigenvalue weighted by atomic mass is 10.2. The van der Waals surface area contributed by atoms with E-state index >= 15 is 0 Å². The lowest BCUT2D eigenvalue weighted by molar-refractivity contribution is 0.0510. The first-order valence-electron chi connectivity index (χ1n) is 6.79. The fourth-order valence-electron chi connectivity index (χ4n) is 2.25. The van der Waals surface area contributed by atoms with Gasteiger partial charge in [0.1, 0.15) is 5.56 Å². The van der Waals surface area contributed by atoms with Gasteiger partial charge in [0.2, 0.25) is 0 Å². The summed E-state index contributed by atoms with van der Waals surface area (Å²) in [6.07, 6.45) is 4.17. The van der Waals surface area contributed by atoms with Crippen LogP contribution in [0.4, 0.5) is 0 Å². The molecule has 114 valence electrons. The quantitative estimate of drug-likeness (QED) is 0.678. The maximum atomic E-state index is 12.2. The SMILES string of the molecule is Cn1cc(CCOC(=O)c2cccc3c2oc(=O)n3C)cn1. The van der Waals surface area contributed by atoms with Crippen LogP contribution in [0, 0.1) is 0 Å². The van der Waals surface area contributed by atoms with Gasteiger partial charge >= 0.3 is 11.7 Å². The molecule has 3 rings (SSSR count). The Labute approximate surface area is 125 Å². The Morgan fingerprint density at radius 3 is 2.91 bits per heavy atom. The summed E-state index contributed by atoms with van der Waals surface area (Å²) >= 11 is 0. The van der Waals surface area contributed by atoms with Crippen LogP contribution in [-0.4, -0.2) is 26.9 Å². The molecule has 7 nitrogen and oxygen atoms in total. The molecule has 0 aliphatic carbocycles. The van der Waals surface area contributed by atoms with Gasteiger partial charge in [-0.25, -0.2) is 9.59 Å². The van der Waals surface area contributed by atoms with Crippen molar-refractivity contribution in [2.45, 2.75) is 6.42 Å². The first-order chi connectivity index (χ1) is 10.6. The van der Waals surface area contributed by atoms with E-state index in [0.717, 1.165) is 5.56 Å². The van der Waals surface area contributed by atoms with E-state index < -0.39 is 11.7 Å². The number of aryl methyl sites for hydroxylation is 2. The highest BCUT2D eigenvalue weighted by Crippen LogP contribution is 2.18. The van der Waals surface area contributed by atoms with Crippen LogP contribution in [0.1, 0.15) is 15.9 Å². The Balaban J connectivity index is 1.75. The minimum atomic E-state index is -0.510. The summed E-state index contributed by atoms with van der Waals surface area (Å²) in [5.41, 5.74) is 2.05. The van der Waals surface area contributed by atoms with Gasteiger partial charge in [-0.2, -0.15) is 5.10 Å². The summed E-state index contributed by atoms with van der Waals surface area (Å²) < 4.78 is 13.4. The fourth-order valence-corrected chi connectivity index (χ4v) is 2.25. The average Bonchev–Trinajstić information content (AvgIpc) is 3.03. The zero-order valence-corrected chi connectivity index (χ0v) is 12.3. The van der Waals surface area contributed by atoms with Gasteiger partial charge in [0.15, 0.2) is 5.58 Å². The molecule has 0 fully saturated rings. The lowest BCUT2D eigenvalue weighted by Crippen LogP contribution is -2.08. The Morgan fingerprint density at radius 2 is 2.18 bits per heavy atom. The second-order valence-corrected chi connectivity index (χ2v) is 4.99. The van der Waals surface area contributed by atoms with Crippen molar-refractivity contribution in [1.82, 2.24) is 14.3 Å². The Morgan fingerprint density at radius 1 is 1.36 bits per heavy atom. The van der Waals surface area contributed by atoms with Gasteiger partial charge < -0.3 is 9.15 Å². The van der Waals surface area contributed by atoms with Crippen molar-refractivity contribution in [3.05, 3.63) is 52.3 Å². The number of oxazole rings is 1. The monoisotopic (exact) mass is 301 g/mol. The number of aromatic nitrogens is 3. The number of hydrogen-bond acceptors (Lipinski definition) is 5. The van der Waals surface area contributed by atoms with Gasteiger partial charge in [-0.05, 0) is 17.7 Å². The van der Waals surface area contributed by atoms with Crippen molar-refractivity contribution in [2.75, 3.05) is 6.61 Å². The third-order valence-corrected chi connectivity index (χ3v) is 3.42. The van der Waals surface area contributed by atoms with Crippen LogP contribution in [0.2, 0.25) is 0 Å². The van der Waals surface area contributed by atoms with Crippen molar-refractivity contribution in [3.63, 3.8) is 0 Å². The molecule has 0 amide bonds. The minimum absolute atomic E-state index is 0.234. The third-order valence-electron chi connectivity index (χ3n) is 3.42. The summed E-state index contributed by atoms with van der Waals surface area (Å²) in [5, 5.41) is 4.05. The van der Waals surface area contributed by atoms with Crippen molar-refractivity contribution < 1.29 is 13.9 Å². The largest absolute Gasteiger partial charge is 0.462 e. The standard InChI is InChI=1S/C15H15N3O4/c1-17-9-10(8-16-17)6-7-21-14(19)11-4-3-5-12-13(11)22-15(20)18(12)2/h3-5,8-9H,6-7H2,1-2H3. The van der Waals surface area contributed by atoms with Crippen molar-refractivity contribution >= 4 is 17.1 Å². The van der Waals surface area contributed by atoms with E-state index in [1.54, 1.807) is 36.1 Å². The van der Waals surface area contributed by atoms with Crippen LogP contribution in [0.25, 0.3) is 11.1 Å². The van der Waals surface area contributed by atoms with E-state index in [1.165, 1.54) is 4.57 Å². The van der Waals surface area contributed by atoms with Crippen molar-refractivity contribution in [2.24, 2.45) is 14.1 Å². The van der Waals surface area contributed by atoms with E-state index in [9.17, 15) is 9.59 Å². The highest BCUT2D eigenvalue weighted by molar-refractivity contribution is 6.01. The second-order valence-electron chi connectivity index (χ2n) is 4.99. The van der Waals surface area contributed by atoms with E-state index in [-0.39, 0.29) is 17.8 Å². The molecule has 1 aromatic carbocycles. The Hall–Kier alpha value is -2.83. The van der Waals surface area contributed by atoms with Crippen molar-refractivity contribution in [3.8, 4) is 0 Å². The number of carbonyl (C=O) groups excluding carboxylic acids is 1. The first kappa shape index (κ1) is 14.1. The van der Waals surface area contributed by atoms with Crippen LogP contribution in [-0.2, 0) is 25.3 Å². The summed E-state index contributed by atoms with van der Waals surface area (Å²) in [5.74, 6) is -1.02. The van der Waals surface area contributed by atoms with Crippen LogP contribution >= 0.6 is 0 Å². The number of nitrogens with zero attached hydrogens (tertiary/aromatic N) is 3. The number of esters is 1. The average molecular weight is 301 g/mol. The summed E-state index contributed by atoms with van der Waals surface area (Å²) in [6, 6.07) is 4.99. The van der Waals surface area contributed by atoms with Crippen LogP contribution in [0.5, 0.6) is 0 Å². The Bertz CT molecular complexity index is 888. The summed E-state index contributed by atoms with van der Waals surface area (Å²) in [6.45, 7) is 0.234. The molecule has 0 spiro atoms. The minimum Gasteiger partial charge on any atom is -0.462 e. The molecule has 0 radical (unpaired) electrons. The number of carbonyl (C=O) groups is 1. The molecule has 0 aliphatic rings. The highest BCUT2D eigenvalue weighted by Gasteiger charge is 2.17. The predicted octanol–water partition coefficient (Wildman–Crippen LogP) is 1.26. The third kappa shape index (κ3) is 2.52. The van der Waals surface area contributed by atoms with Crippen LogP contribution in [0.3, 0.4) is 0 Å². The highest BCUT2D eigenvalue weighted by atomic mass is 16.5. The number of ether oxygens (including phenoxy) is 1. The Kier molecular flexibility index (Phi) is 3.54. The molecule has 3 aromatic rings. The normalized spacial score (nSPS) is 11.0. The molecular formula is C15H15N3O4. The maximum Gasteiger partial charge on any atom is 0.419 e. The van der Waals surface area contributed by atoms with E-state index in [2.05, 4.69) is 5.10 Å². The molecule has 0 N–H and O–H groups in total. The van der Waals surface area contributed by atoms with Gasteiger partial charge in [-0.15, -0.1) is 0 Å². The molecule has 2 heterocycles. The number of benzene rings is 1. The van der Waals surface area contributed by atoms with E-state index in [1.807, 2.05) is 13.2 Å². The van der Waals surface area contributed by atoms with Crippen LogP contribution in [0.15, 0.2) is 39.8 Å². The number of para-hydroxylation sites is 1. The zero-order chi connectivity index (χ0) is 15.7. The smallest absolute Gasteiger partial charge is 0.419 e. The first-order valence-corrected chi connectivity index (χ1v) is 6.79. The number of hydrogen-bond donors (Lipinski definition) is 0. The molecule has 22 heavy (non-hydrogen) atoms. The zero-order valence-electron chi connectivity index (χ0n) is 12.3. The van der Waals surface area contributed by atoms with Crippen molar-refractivity contribution in [1.29, 1.82) is 0 Å². The molecule has 7 heteroatoms. The van der Waals surface area contributed by atoms with Gasteiger partial charge in [-0.1, -0.05) is 6.07 Å². The molecule has 2 aromatic heterocycles. The fraction of sp³-hybridized carbons (Fsp3) is 0.267. The van der Waals surface area contributed by atoms with Gasteiger partial charge in [0.05, 0.1) is 18.3 Å². The van der Waals surface area contributed by atoms with Gasteiger partial charge in [0.25, 0.3) is 0 Å². The van der Waals surface area contributed by atoms with Gasteiger partial charge in [0, 0.05) is 26.7 Å². The summed E-state index contributed by atoms with van der Waals surface area (Å²) in [4.78, 5) is 23.7. The molecule has 0 bridgehead atoms. The molecule has 0 atom stereocenters. The number of fused-ring (bicyclic) bond motifs is 1. The maximum absolute atomic E-state index is 12.2. The van der Waals surface area contributed by atoms with E-state index in [0.29, 0.717) is 11.9 Å². The lowest BCUT2D eigenvalue weighted by Gasteiger charge is -2.04.